The highest BCUT2D eigenvalue weighted by Gasteiger charge is 2.39. The third kappa shape index (κ3) is 5.78. The largest absolute Gasteiger partial charge is 0.478 e. The van der Waals surface area contributed by atoms with E-state index < -0.39 is 29.3 Å². The maximum atomic E-state index is 13.6. The quantitative estimate of drug-likeness (QED) is 0.274. The topological polar surface area (TPSA) is 132 Å². The molecule has 0 unspecified atom stereocenters. The molecule has 0 saturated heterocycles. The van der Waals surface area contributed by atoms with Gasteiger partial charge in [-0.05, 0) is 54.1 Å². The fraction of sp³-hybridized carbons (Fsp3) is 0.0370. The number of amides is 1. The summed E-state index contributed by atoms with van der Waals surface area (Å²) in [5.74, 6) is -1.55. The third-order valence-corrected chi connectivity index (χ3v) is 5.53. The van der Waals surface area contributed by atoms with Crippen LogP contribution in [0.1, 0.15) is 26.4 Å². The van der Waals surface area contributed by atoms with Crippen molar-refractivity contribution >= 4 is 17.6 Å². The van der Waals surface area contributed by atoms with E-state index in [1.807, 2.05) is 0 Å². The number of ether oxygens (including phenoxy) is 1. The van der Waals surface area contributed by atoms with Gasteiger partial charge in [0.1, 0.15) is 5.75 Å². The smallest absolute Gasteiger partial charge is 0.435 e. The zero-order chi connectivity index (χ0) is 28.3. The third-order valence-electron chi connectivity index (χ3n) is 5.53. The molecule has 0 saturated carbocycles. The van der Waals surface area contributed by atoms with E-state index in [-0.39, 0.29) is 23.1 Å². The van der Waals surface area contributed by atoms with Crippen molar-refractivity contribution in [1.29, 1.82) is 0 Å². The molecule has 0 fully saturated rings. The highest BCUT2D eigenvalue weighted by molar-refractivity contribution is 6.05. The number of nitrogens with one attached hydrogen (secondary N) is 1. The summed E-state index contributed by atoms with van der Waals surface area (Å²) in [7, 11) is 0. The predicted molar refractivity (Wildman–Crippen MR) is 135 cm³/mol. The Kier molecular flexibility index (Phi) is 6.93. The second-order valence-electron chi connectivity index (χ2n) is 8.24. The van der Waals surface area contributed by atoms with Crippen LogP contribution in [0.3, 0.4) is 0 Å². The molecule has 1 amide bonds. The van der Waals surface area contributed by atoms with Gasteiger partial charge in [-0.25, -0.2) is 24.4 Å². The summed E-state index contributed by atoms with van der Waals surface area (Å²) in [6.07, 6.45) is 0.537. The number of benzene rings is 2. The van der Waals surface area contributed by atoms with Gasteiger partial charge in [-0.2, -0.15) is 18.3 Å². The molecule has 0 aliphatic carbocycles. The number of halogens is 3. The summed E-state index contributed by atoms with van der Waals surface area (Å²) in [5, 5.41) is 15.0. The molecule has 0 radical (unpaired) electrons. The van der Waals surface area contributed by atoms with Crippen LogP contribution in [0.15, 0.2) is 91.5 Å². The molecule has 40 heavy (non-hydrogen) atoms. The number of carboxylic acids is 1. The summed E-state index contributed by atoms with van der Waals surface area (Å²) in [6, 6.07) is 16.8. The first-order valence-corrected chi connectivity index (χ1v) is 11.5. The molecule has 13 heteroatoms. The number of hydrogen-bond donors (Lipinski definition) is 2. The van der Waals surface area contributed by atoms with Crippen LogP contribution in [0.5, 0.6) is 11.8 Å². The zero-order valence-corrected chi connectivity index (χ0v) is 20.2. The summed E-state index contributed by atoms with van der Waals surface area (Å²) in [4.78, 5) is 36.0. The van der Waals surface area contributed by atoms with Gasteiger partial charge in [0.15, 0.2) is 11.5 Å². The molecule has 5 aromatic rings. The summed E-state index contributed by atoms with van der Waals surface area (Å²) >= 11 is 0. The first-order valence-electron chi connectivity index (χ1n) is 11.5. The second-order valence-corrected chi connectivity index (χ2v) is 8.24. The van der Waals surface area contributed by atoms with Crippen LogP contribution < -0.4 is 10.1 Å². The van der Waals surface area contributed by atoms with E-state index in [2.05, 4.69) is 25.4 Å². The minimum atomic E-state index is -4.85. The molecule has 3 aromatic heterocycles. The van der Waals surface area contributed by atoms with Crippen molar-refractivity contribution in [3.8, 4) is 28.7 Å². The van der Waals surface area contributed by atoms with Gasteiger partial charge in [0.25, 0.3) is 5.91 Å². The lowest BCUT2D eigenvalue weighted by Gasteiger charge is -2.08. The Morgan fingerprint density at radius 2 is 1.57 bits per heavy atom. The first-order chi connectivity index (χ1) is 19.2. The van der Waals surface area contributed by atoms with Gasteiger partial charge in [-0.15, -0.1) is 0 Å². The molecule has 0 aliphatic heterocycles. The molecule has 3 heterocycles. The lowest BCUT2D eigenvalue weighted by Crippen LogP contribution is -2.17. The number of nitrogens with zero attached hydrogens (tertiary/aromatic N) is 5. The monoisotopic (exact) mass is 546 g/mol. The van der Waals surface area contributed by atoms with Gasteiger partial charge in [-0.1, -0.05) is 18.2 Å². The van der Waals surface area contributed by atoms with E-state index in [4.69, 9.17) is 9.84 Å². The number of alkyl halides is 3. The van der Waals surface area contributed by atoms with Crippen molar-refractivity contribution in [2.24, 2.45) is 0 Å². The Balaban J connectivity index is 1.28. The van der Waals surface area contributed by atoms with Gasteiger partial charge in [0, 0.05) is 36.0 Å². The highest BCUT2D eigenvalue weighted by Crippen LogP contribution is 2.32. The number of hydrogen-bond acceptors (Lipinski definition) is 7. The Labute approximate surface area is 223 Å². The van der Waals surface area contributed by atoms with Crippen LogP contribution in [0.2, 0.25) is 0 Å². The molecule has 0 atom stereocenters. The van der Waals surface area contributed by atoms with E-state index in [0.29, 0.717) is 16.9 Å². The number of aromatic nitrogens is 5. The SMILES string of the molecule is O=C(O)c1ccc(Oc2ncc(-c3ccc(NC(=O)c4cn(-c5ccccn5)nc4C(F)(F)F)cc3)cn2)cc1. The van der Waals surface area contributed by atoms with Crippen molar-refractivity contribution in [3.05, 3.63) is 108 Å². The lowest BCUT2D eigenvalue weighted by molar-refractivity contribution is -0.141. The number of rotatable bonds is 7. The van der Waals surface area contributed by atoms with Crippen LogP contribution in [0, 0.1) is 0 Å². The van der Waals surface area contributed by atoms with Crippen LogP contribution in [0.4, 0.5) is 18.9 Å². The van der Waals surface area contributed by atoms with Gasteiger partial charge >= 0.3 is 18.2 Å². The Morgan fingerprint density at radius 3 is 2.17 bits per heavy atom. The van der Waals surface area contributed by atoms with Crippen LogP contribution >= 0.6 is 0 Å². The summed E-state index contributed by atoms with van der Waals surface area (Å²) < 4.78 is 47.2. The molecule has 0 spiro atoms. The first kappa shape index (κ1) is 26.0. The fourth-order valence-corrected chi connectivity index (χ4v) is 3.59. The Morgan fingerprint density at radius 1 is 0.875 bits per heavy atom. The van der Waals surface area contributed by atoms with Crippen molar-refractivity contribution in [2.75, 3.05) is 5.32 Å². The zero-order valence-electron chi connectivity index (χ0n) is 20.2. The minimum Gasteiger partial charge on any atom is -0.478 e. The molecule has 0 bridgehead atoms. The predicted octanol–water partition coefficient (Wildman–Crippen LogP) is 5.49. The molecule has 10 nitrogen and oxygen atoms in total. The molecule has 0 aliphatic rings. The number of carbonyl (C=O) groups excluding carboxylic acids is 1. The van der Waals surface area contributed by atoms with Gasteiger partial charge in [0.2, 0.25) is 0 Å². The molecule has 200 valence electrons. The number of carbonyl (C=O) groups is 2. The van der Waals surface area contributed by atoms with Crippen LogP contribution in [-0.2, 0) is 6.18 Å². The second kappa shape index (κ2) is 10.6. The maximum Gasteiger partial charge on any atom is 0.435 e. The summed E-state index contributed by atoms with van der Waals surface area (Å²) in [6.45, 7) is 0. The van der Waals surface area contributed by atoms with Crippen molar-refractivity contribution in [3.63, 3.8) is 0 Å². The van der Waals surface area contributed by atoms with Gasteiger partial charge < -0.3 is 15.2 Å². The van der Waals surface area contributed by atoms with E-state index in [0.717, 1.165) is 10.9 Å². The Hall–Kier alpha value is -5.59. The van der Waals surface area contributed by atoms with E-state index >= 15 is 0 Å². The molecule has 2 N–H and O–H groups in total. The average Bonchev–Trinajstić information content (AvgIpc) is 3.42. The average molecular weight is 546 g/mol. The minimum absolute atomic E-state index is 0.0439. The van der Waals surface area contributed by atoms with E-state index in [1.165, 1.54) is 61.1 Å². The fourth-order valence-electron chi connectivity index (χ4n) is 3.59. The molecule has 2 aromatic carbocycles. The summed E-state index contributed by atoms with van der Waals surface area (Å²) in [5.41, 5.74) is -0.313. The molecule has 5 rings (SSSR count). The van der Waals surface area contributed by atoms with Gasteiger partial charge in [0.05, 0.1) is 11.1 Å². The van der Waals surface area contributed by atoms with E-state index in [1.54, 1.807) is 24.3 Å². The number of carboxylic acid groups (broad SMARTS) is 1. The maximum absolute atomic E-state index is 13.6. The van der Waals surface area contributed by atoms with Crippen LogP contribution in [0.25, 0.3) is 16.9 Å². The molecular formula is C27H17F3N6O4. The van der Waals surface area contributed by atoms with Crippen molar-refractivity contribution in [2.45, 2.75) is 6.18 Å². The van der Waals surface area contributed by atoms with E-state index in [9.17, 15) is 22.8 Å². The normalized spacial score (nSPS) is 11.2. The number of pyridine rings is 1. The molecular weight excluding hydrogens is 529 g/mol. The number of aromatic carboxylic acids is 1. The van der Waals surface area contributed by atoms with Crippen molar-refractivity contribution in [1.82, 2.24) is 24.7 Å². The van der Waals surface area contributed by atoms with Crippen LogP contribution in [-0.4, -0.2) is 41.7 Å². The van der Waals surface area contributed by atoms with Crippen molar-refractivity contribution < 1.29 is 32.6 Å². The Bertz CT molecular complexity index is 1650. The van der Waals surface area contributed by atoms with Gasteiger partial charge in [-0.3, -0.25) is 4.79 Å². The highest BCUT2D eigenvalue weighted by atomic mass is 19.4. The number of anilines is 1. The lowest BCUT2D eigenvalue weighted by atomic mass is 10.1. The standard InChI is InChI=1S/C27H17F3N6O4/c28-27(29,30)23-21(15-36(35-23)22-3-1-2-12-31-22)24(37)34-19-8-4-16(5-9-19)18-13-32-26(33-14-18)40-20-10-6-17(7-11-20)25(38)39/h1-15H,(H,34,37)(H,38,39).